The first-order valence-electron chi connectivity index (χ1n) is 9.71. The lowest BCUT2D eigenvalue weighted by atomic mass is 9.94. The molecule has 0 saturated carbocycles. The molecule has 0 aliphatic carbocycles. The highest BCUT2D eigenvalue weighted by Crippen LogP contribution is 2.23. The Labute approximate surface area is 167 Å². The quantitative estimate of drug-likeness (QED) is 0.576. The van der Waals surface area contributed by atoms with Gasteiger partial charge in [-0.15, -0.1) is 0 Å². The normalized spacial score (nSPS) is 17.0. The van der Waals surface area contributed by atoms with Crippen LogP contribution in [0, 0.1) is 5.92 Å². The molecular weight excluding hydrogens is 368 g/mol. The molecule has 0 radical (unpaired) electrons. The molecule has 1 aliphatic heterocycles. The van der Waals surface area contributed by atoms with E-state index in [1.807, 2.05) is 35.4 Å². The molecule has 4 aromatic rings. The largest absolute Gasteiger partial charge is 0.361 e. The van der Waals surface area contributed by atoms with E-state index in [4.69, 9.17) is 4.52 Å². The molecule has 3 aromatic heterocycles. The number of amides is 1. The number of rotatable bonds is 4. The summed E-state index contributed by atoms with van der Waals surface area (Å²) < 4.78 is 5.32. The lowest BCUT2D eigenvalue weighted by molar-refractivity contribution is 0.0672. The standard InChI is InChI=1S/C21H20N6O2/c28-21(16-3-4-17-15(11-16)5-6-23-17)27-9-1-2-14(13-27)10-19-25-20(29-26-19)18-12-22-7-8-24-18/h3-8,11-12,14,23H,1-2,9-10,13H2. The zero-order chi connectivity index (χ0) is 19.6. The van der Waals surface area contributed by atoms with Gasteiger partial charge in [0.2, 0.25) is 0 Å². The third-order valence-corrected chi connectivity index (χ3v) is 5.33. The molecule has 1 aromatic carbocycles. The molecule has 0 spiro atoms. The topological polar surface area (TPSA) is 101 Å². The fraction of sp³-hybridized carbons (Fsp3) is 0.286. The number of hydrogen-bond donors (Lipinski definition) is 1. The summed E-state index contributed by atoms with van der Waals surface area (Å²) in [7, 11) is 0. The van der Waals surface area contributed by atoms with Crippen molar-refractivity contribution < 1.29 is 9.32 Å². The van der Waals surface area contributed by atoms with Crippen LogP contribution in [0.15, 0.2) is 53.6 Å². The zero-order valence-corrected chi connectivity index (χ0v) is 15.8. The molecule has 1 amide bonds. The molecule has 1 saturated heterocycles. The van der Waals surface area contributed by atoms with Gasteiger partial charge in [0.25, 0.3) is 11.8 Å². The predicted octanol–water partition coefficient (Wildman–Crippen LogP) is 3.10. The number of carbonyl (C=O) groups excluding carboxylic acids is 1. The van der Waals surface area contributed by atoms with E-state index in [2.05, 4.69) is 25.1 Å². The lowest BCUT2D eigenvalue weighted by Gasteiger charge is -2.32. The van der Waals surface area contributed by atoms with Crippen LogP contribution in [0.1, 0.15) is 29.0 Å². The Bertz CT molecular complexity index is 1140. The SMILES string of the molecule is O=C(c1ccc2[nH]ccc2c1)N1CCCC(Cc2noc(-c3cnccn3)n2)C1. The minimum absolute atomic E-state index is 0.0751. The van der Waals surface area contributed by atoms with Gasteiger partial charge < -0.3 is 14.4 Å². The summed E-state index contributed by atoms with van der Waals surface area (Å²) in [6.07, 6.45) is 9.35. The lowest BCUT2D eigenvalue weighted by Crippen LogP contribution is -2.40. The van der Waals surface area contributed by atoms with Crippen molar-refractivity contribution in [1.82, 2.24) is 30.0 Å². The van der Waals surface area contributed by atoms with Gasteiger partial charge in [0, 0.05) is 54.6 Å². The van der Waals surface area contributed by atoms with Crippen LogP contribution in [-0.2, 0) is 6.42 Å². The monoisotopic (exact) mass is 388 g/mol. The summed E-state index contributed by atoms with van der Waals surface area (Å²) in [5.74, 6) is 1.39. The van der Waals surface area contributed by atoms with E-state index >= 15 is 0 Å². The summed E-state index contributed by atoms with van der Waals surface area (Å²) in [4.78, 5) is 30.7. The summed E-state index contributed by atoms with van der Waals surface area (Å²) in [5, 5.41) is 5.13. The van der Waals surface area contributed by atoms with Gasteiger partial charge in [-0.25, -0.2) is 4.98 Å². The van der Waals surface area contributed by atoms with Crippen LogP contribution in [0.3, 0.4) is 0 Å². The van der Waals surface area contributed by atoms with Crippen LogP contribution in [0.4, 0.5) is 0 Å². The van der Waals surface area contributed by atoms with Crippen LogP contribution in [0.2, 0.25) is 0 Å². The second-order valence-corrected chi connectivity index (χ2v) is 7.35. The number of aromatic nitrogens is 5. The Balaban J connectivity index is 1.27. The van der Waals surface area contributed by atoms with Crippen LogP contribution >= 0.6 is 0 Å². The Morgan fingerprint density at radius 3 is 3.14 bits per heavy atom. The van der Waals surface area contributed by atoms with Crippen molar-refractivity contribution in [3.05, 3.63) is 60.4 Å². The van der Waals surface area contributed by atoms with E-state index in [0.29, 0.717) is 36.3 Å². The van der Waals surface area contributed by atoms with Crippen molar-refractivity contribution in [1.29, 1.82) is 0 Å². The number of aromatic amines is 1. The van der Waals surface area contributed by atoms with Gasteiger partial charge in [-0.3, -0.25) is 9.78 Å². The fourth-order valence-corrected chi connectivity index (χ4v) is 3.89. The average molecular weight is 388 g/mol. The molecule has 146 valence electrons. The molecule has 5 rings (SSSR count). The molecule has 8 nitrogen and oxygen atoms in total. The molecular formula is C21H20N6O2. The Morgan fingerprint density at radius 1 is 1.28 bits per heavy atom. The fourth-order valence-electron chi connectivity index (χ4n) is 3.89. The smallest absolute Gasteiger partial charge is 0.278 e. The number of carbonyl (C=O) groups is 1. The van der Waals surface area contributed by atoms with Crippen LogP contribution in [0.5, 0.6) is 0 Å². The molecule has 1 unspecified atom stereocenters. The van der Waals surface area contributed by atoms with Crippen molar-refractivity contribution in [2.45, 2.75) is 19.3 Å². The van der Waals surface area contributed by atoms with Crippen molar-refractivity contribution in [3.8, 4) is 11.6 Å². The molecule has 8 heteroatoms. The van der Waals surface area contributed by atoms with E-state index in [-0.39, 0.29) is 5.91 Å². The molecule has 4 heterocycles. The van der Waals surface area contributed by atoms with E-state index < -0.39 is 0 Å². The van der Waals surface area contributed by atoms with Crippen LogP contribution in [-0.4, -0.2) is 49.0 Å². The van der Waals surface area contributed by atoms with Gasteiger partial charge in [-0.05, 0) is 43.0 Å². The van der Waals surface area contributed by atoms with Crippen molar-refractivity contribution in [3.63, 3.8) is 0 Å². The second kappa shape index (κ2) is 7.46. The highest BCUT2D eigenvalue weighted by atomic mass is 16.5. The van der Waals surface area contributed by atoms with Crippen molar-refractivity contribution >= 4 is 16.8 Å². The molecule has 1 N–H and O–H groups in total. The Hall–Kier alpha value is -3.55. The number of piperidine rings is 1. The zero-order valence-electron chi connectivity index (χ0n) is 15.8. The maximum atomic E-state index is 13.0. The second-order valence-electron chi connectivity index (χ2n) is 7.35. The highest BCUT2D eigenvalue weighted by molar-refractivity contribution is 5.98. The third-order valence-electron chi connectivity index (χ3n) is 5.33. The number of nitrogens with zero attached hydrogens (tertiary/aromatic N) is 5. The molecule has 1 fully saturated rings. The number of fused-ring (bicyclic) bond motifs is 1. The van der Waals surface area contributed by atoms with E-state index in [1.54, 1.807) is 18.6 Å². The van der Waals surface area contributed by atoms with E-state index in [1.165, 1.54) is 0 Å². The van der Waals surface area contributed by atoms with Gasteiger partial charge in [0.1, 0.15) is 5.69 Å². The first-order chi connectivity index (χ1) is 14.3. The highest BCUT2D eigenvalue weighted by Gasteiger charge is 2.26. The van der Waals surface area contributed by atoms with Crippen molar-refractivity contribution in [2.24, 2.45) is 5.92 Å². The van der Waals surface area contributed by atoms with Gasteiger partial charge in [-0.2, -0.15) is 4.98 Å². The number of benzene rings is 1. The van der Waals surface area contributed by atoms with Gasteiger partial charge in [0.05, 0.1) is 6.20 Å². The van der Waals surface area contributed by atoms with Crippen LogP contribution < -0.4 is 0 Å². The third kappa shape index (κ3) is 3.61. The first kappa shape index (κ1) is 17.5. The maximum absolute atomic E-state index is 13.0. The Kier molecular flexibility index (Phi) is 4.51. The van der Waals surface area contributed by atoms with E-state index in [9.17, 15) is 4.79 Å². The number of H-pyrrole nitrogens is 1. The van der Waals surface area contributed by atoms with Gasteiger partial charge in [-0.1, -0.05) is 5.16 Å². The number of nitrogens with one attached hydrogen (secondary N) is 1. The average Bonchev–Trinajstić information content (AvgIpc) is 3.43. The van der Waals surface area contributed by atoms with Crippen molar-refractivity contribution in [2.75, 3.05) is 13.1 Å². The maximum Gasteiger partial charge on any atom is 0.278 e. The summed E-state index contributed by atoms with van der Waals surface area (Å²) in [6.45, 7) is 1.47. The minimum Gasteiger partial charge on any atom is -0.361 e. The molecule has 0 bridgehead atoms. The summed E-state index contributed by atoms with van der Waals surface area (Å²) >= 11 is 0. The minimum atomic E-state index is 0.0751. The number of likely N-dealkylation sites (tertiary alicyclic amines) is 1. The first-order valence-corrected chi connectivity index (χ1v) is 9.71. The summed E-state index contributed by atoms with van der Waals surface area (Å²) in [6, 6.07) is 7.77. The van der Waals surface area contributed by atoms with E-state index in [0.717, 1.165) is 35.9 Å². The molecule has 1 aliphatic rings. The Morgan fingerprint density at radius 2 is 2.24 bits per heavy atom. The molecule has 1 atom stereocenters. The predicted molar refractivity (Wildman–Crippen MR) is 106 cm³/mol. The van der Waals surface area contributed by atoms with Gasteiger partial charge in [0.15, 0.2) is 5.82 Å². The molecule has 29 heavy (non-hydrogen) atoms. The number of hydrogen-bond acceptors (Lipinski definition) is 6. The van der Waals surface area contributed by atoms with Crippen LogP contribution in [0.25, 0.3) is 22.5 Å². The summed E-state index contributed by atoms with van der Waals surface area (Å²) in [5.41, 5.74) is 2.32. The van der Waals surface area contributed by atoms with Gasteiger partial charge >= 0.3 is 0 Å².